The molecule has 0 aromatic heterocycles. The van der Waals surface area contributed by atoms with Crippen LogP contribution in [0.1, 0.15) is 6.42 Å². The Bertz CT molecular complexity index is 521. The van der Waals surface area contributed by atoms with E-state index in [1.165, 1.54) is 19.2 Å². The van der Waals surface area contributed by atoms with Crippen molar-refractivity contribution in [1.82, 2.24) is 4.72 Å². The van der Waals surface area contributed by atoms with E-state index < -0.39 is 10.0 Å². The summed E-state index contributed by atoms with van der Waals surface area (Å²) in [5.74, 6) is 1.77. The van der Waals surface area contributed by atoms with E-state index in [0.717, 1.165) is 17.9 Å². The molecule has 0 saturated carbocycles. The molecule has 0 aliphatic carbocycles. The first-order valence-electron chi connectivity index (χ1n) is 6.27. The first kappa shape index (κ1) is 17.1. The second-order valence-corrected chi connectivity index (χ2v) is 7.18. The molecule has 0 unspecified atom stereocenters. The van der Waals surface area contributed by atoms with Crippen LogP contribution in [0.5, 0.6) is 0 Å². The summed E-state index contributed by atoms with van der Waals surface area (Å²) in [4.78, 5) is 0.185. The summed E-state index contributed by atoms with van der Waals surface area (Å²) < 4.78 is 25.7. The molecule has 0 heterocycles. The number of thioether (sulfide) groups is 1. The summed E-state index contributed by atoms with van der Waals surface area (Å²) in [6.45, 7) is 0.890. The van der Waals surface area contributed by atoms with Crippen molar-refractivity contribution in [2.24, 2.45) is 0 Å². The van der Waals surface area contributed by atoms with E-state index in [0.29, 0.717) is 17.9 Å². The third-order valence-corrected chi connectivity index (χ3v) is 5.09. The van der Waals surface area contributed by atoms with Crippen LogP contribution in [0, 0.1) is 0 Å². The van der Waals surface area contributed by atoms with Crippen molar-refractivity contribution in [3.63, 3.8) is 0 Å². The number of nitrogen functional groups attached to an aromatic ring is 1. The van der Waals surface area contributed by atoms with Gasteiger partial charge in [0.2, 0.25) is 10.0 Å². The molecular weight excluding hydrogens is 298 g/mol. The molecule has 1 aromatic rings. The van der Waals surface area contributed by atoms with Gasteiger partial charge in [-0.2, -0.15) is 11.8 Å². The van der Waals surface area contributed by atoms with Gasteiger partial charge in [0.05, 0.1) is 16.3 Å². The fourth-order valence-electron chi connectivity index (χ4n) is 1.50. The molecule has 6 nitrogen and oxygen atoms in total. The zero-order valence-electron chi connectivity index (χ0n) is 11.4. The lowest BCUT2D eigenvalue weighted by atomic mass is 10.2. The van der Waals surface area contributed by atoms with Crippen LogP contribution in [0.15, 0.2) is 23.1 Å². The number of sulfonamides is 1. The van der Waals surface area contributed by atoms with E-state index >= 15 is 0 Å². The molecule has 0 aliphatic heterocycles. The Labute approximate surface area is 124 Å². The van der Waals surface area contributed by atoms with Crippen molar-refractivity contribution in [2.75, 3.05) is 42.8 Å². The SMILES string of the molecule is CNS(=O)(=O)c1ccc(N)c(NCCSCCCO)c1. The van der Waals surface area contributed by atoms with Gasteiger partial charge < -0.3 is 16.2 Å². The molecule has 0 bridgehead atoms. The zero-order valence-corrected chi connectivity index (χ0v) is 13.1. The van der Waals surface area contributed by atoms with Crippen LogP contribution in [-0.4, -0.2) is 45.2 Å². The van der Waals surface area contributed by atoms with Gasteiger partial charge in [-0.1, -0.05) is 0 Å². The predicted molar refractivity (Wildman–Crippen MR) is 84.6 cm³/mol. The third-order valence-electron chi connectivity index (χ3n) is 2.61. The number of nitrogens with one attached hydrogen (secondary N) is 2. The number of aliphatic hydroxyl groups excluding tert-OH is 1. The Hall–Kier alpha value is -0.960. The minimum atomic E-state index is -3.46. The number of aliphatic hydroxyl groups is 1. The van der Waals surface area contributed by atoms with E-state index in [9.17, 15) is 8.42 Å². The molecular formula is C12H21N3O3S2. The van der Waals surface area contributed by atoms with Crippen LogP contribution in [0.3, 0.4) is 0 Å². The van der Waals surface area contributed by atoms with Crippen LogP contribution in [-0.2, 0) is 10.0 Å². The molecule has 5 N–H and O–H groups in total. The molecule has 20 heavy (non-hydrogen) atoms. The summed E-state index contributed by atoms with van der Waals surface area (Å²) in [6, 6.07) is 4.58. The molecule has 0 fully saturated rings. The highest BCUT2D eigenvalue weighted by atomic mass is 32.2. The fourth-order valence-corrected chi connectivity index (χ4v) is 3.04. The summed E-state index contributed by atoms with van der Waals surface area (Å²) in [7, 11) is -2.09. The van der Waals surface area contributed by atoms with E-state index in [2.05, 4.69) is 10.0 Å². The largest absolute Gasteiger partial charge is 0.397 e. The number of rotatable bonds is 9. The molecule has 0 radical (unpaired) electrons. The Kier molecular flexibility index (Phi) is 7.14. The minimum Gasteiger partial charge on any atom is -0.397 e. The van der Waals surface area contributed by atoms with E-state index in [-0.39, 0.29) is 11.5 Å². The molecule has 0 aliphatic rings. The van der Waals surface area contributed by atoms with Gasteiger partial charge in [0.25, 0.3) is 0 Å². The lowest BCUT2D eigenvalue weighted by molar-refractivity contribution is 0.296. The second-order valence-electron chi connectivity index (χ2n) is 4.07. The number of anilines is 2. The normalized spacial score (nSPS) is 11.5. The lowest BCUT2D eigenvalue weighted by Gasteiger charge is -2.11. The van der Waals surface area contributed by atoms with Crippen LogP contribution in [0.2, 0.25) is 0 Å². The summed E-state index contributed by atoms with van der Waals surface area (Å²) in [5, 5.41) is 11.8. The van der Waals surface area contributed by atoms with Crippen molar-refractivity contribution in [3.05, 3.63) is 18.2 Å². The van der Waals surface area contributed by atoms with Gasteiger partial charge in [-0.05, 0) is 37.4 Å². The zero-order chi connectivity index (χ0) is 15.0. The molecule has 0 spiro atoms. The highest BCUT2D eigenvalue weighted by Gasteiger charge is 2.12. The van der Waals surface area contributed by atoms with Gasteiger partial charge in [-0.15, -0.1) is 0 Å². The van der Waals surface area contributed by atoms with Crippen molar-refractivity contribution < 1.29 is 13.5 Å². The van der Waals surface area contributed by atoms with E-state index in [4.69, 9.17) is 10.8 Å². The number of benzene rings is 1. The first-order chi connectivity index (χ1) is 9.51. The summed E-state index contributed by atoms with van der Waals surface area (Å²) >= 11 is 1.72. The first-order valence-corrected chi connectivity index (χ1v) is 8.90. The maximum atomic E-state index is 11.7. The second kappa shape index (κ2) is 8.35. The average molecular weight is 319 g/mol. The van der Waals surface area contributed by atoms with Gasteiger partial charge in [0, 0.05) is 18.9 Å². The molecule has 0 saturated heterocycles. The number of hydrogen-bond acceptors (Lipinski definition) is 6. The summed E-state index contributed by atoms with van der Waals surface area (Å²) in [6.07, 6.45) is 0.780. The summed E-state index contributed by atoms with van der Waals surface area (Å²) in [5.41, 5.74) is 6.95. The van der Waals surface area contributed by atoms with Gasteiger partial charge in [-0.25, -0.2) is 13.1 Å². The number of nitrogens with two attached hydrogens (primary N) is 1. The van der Waals surface area contributed by atoms with Gasteiger partial charge in [0.1, 0.15) is 0 Å². The van der Waals surface area contributed by atoms with Crippen molar-refractivity contribution in [1.29, 1.82) is 0 Å². The standard InChI is InChI=1S/C12H21N3O3S2/c1-14-20(17,18)10-3-4-11(13)12(9-10)15-5-8-19-7-2-6-16/h3-4,9,14-16H,2,5-8,13H2,1H3. The highest BCUT2D eigenvalue weighted by molar-refractivity contribution is 7.99. The topological polar surface area (TPSA) is 104 Å². The Morgan fingerprint density at radius 2 is 2.10 bits per heavy atom. The fraction of sp³-hybridized carbons (Fsp3) is 0.500. The molecule has 0 atom stereocenters. The van der Waals surface area contributed by atoms with Crippen molar-refractivity contribution >= 4 is 33.2 Å². The van der Waals surface area contributed by atoms with Crippen molar-refractivity contribution in [2.45, 2.75) is 11.3 Å². The van der Waals surface area contributed by atoms with Gasteiger partial charge in [0.15, 0.2) is 0 Å². The average Bonchev–Trinajstić information content (AvgIpc) is 2.44. The van der Waals surface area contributed by atoms with Gasteiger partial charge >= 0.3 is 0 Å². The third kappa shape index (κ3) is 5.20. The molecule has 114 valence electrons. The Morgan fingerprint density at radius 3 is 2.75 bits per heavy atom. The predicted octanol–water partition coefficient (Wildman–Crippen LogP) is 0.704. The van der Waals surface area contributed by atoms with E-state index in [1.807, 2.05) is 0 Å². The van der Waals surface area contributed by atoms with E-state index in [1.54, 1.807) is 17.8 Å². The monoisotopic (exact) mass is 319 g/mol. The van der Waals surface area contributed by atoms with Gasteiger partial charge in [-0.3, -0.25) is 0 Å². The quantitative estimate of drug-likeness (QED) is 0.395. The maximum Gasteiger partial charge on any atom is 0.240 e. The Morgan fingerprint density at radius 1 is 1.35 bits per heavy atom. The van der Waals surface area contributed by atoms with Crippen LogP contribution >= 0.6 is 11.8 Å². The molecule has 1 rings (SSSR count). The smallest absolute Gasteiger partial charge is 0.240 e. The highest BCUT2D eigenvalue weighted by Crippen LogP contribution is 2.22. The van der Waals surface area contributed by atoms with Crippen molar-refractivity contribution in [3.8, 4) is 0 Å². The maximum absolute atomic E-state index is 11.7. The lowest BCUT2D eigenvalue weighted by Crippen LogP contribution is -2.19. The Balaban J connectivity index is 2.59. The van der Waals surface area contributed by atoms with Crippen LogP contribution in [0.25, 0.3) is 0 Å². The van der Waals surface area contributed by atoms with Crippen LogP contribution in [0.4, 0.5) is 11.4 Å². The van der Waals surface area contributed by atoms with Crippen LogP contribution < -0.4 is 15.8 Å². The minimum absolute atomic E-state index is 0.185. The molecule has 1 aromatic carbocycles. The molecule has 8 heteroatoms. The number of hydrogen-bond donors (Lipinski definition) is 4. The molecule has 0 amide bonds.